The molecule has 0 aliphatic carbocycles. The first kappa shape index (κ1) is 13.3. The first-order chi connectivity index (χ1) is 9.78. The van der Waals surface area contributed by atoms with E-state index in [2.05, 4.69) is 20.3 Å². The van der Waals surface area contributed by atoms with Gasteiger partial charge in [0.25, 0.3) is 0 Å². The summed E-state index contributed by atoms with van der Waals surface area (Å²) in [7, 11) is 1.96. The van der Waals surface area contributed by atoms with Crippen molar-refractivity contribution in [3.63, 3.8) is 0 Å². The topological polar surface area (TPSA) is 69.6 Å². The van der Waals surface area contributed by atoms with Gasteiger partial charge in [0, 0.05) is 13.5 Å². The van der Waals surface area contributed by atoms with Gasteiger partial charge >= 0.3 is 0 Å². The van der Waals surface area contributed by atoms with E-state index in [0.29, 0.717) is 11.6 Å². The van der Waals surface area contributed by atoms with Crippen LogP contribution < -0.4 is 0 Å². The summed E-state index contributed by atoms with van der Waals surface area (Å²) in [5.74, 6) is 2.83. The fourth-order valence-electron chi connectivity index (χ4n) is 1.68. The number of nitrogens with zero attached hydrogens (tertiary/aromatic N) is 5. The Bertz CT molecular complexity index is 689. The van der Waals surface area contributed by atoms with Gasteiger partial charge < -0.3 is 9.09 Å². The predicted octanol–water partition coefficient (Wildman–Crippen LogP) is 2.78. The molecule has 3 aromatic heterocycles. The van der Waals surface area contributed by atoms with Crippen molar-refractivity contribution in [2.45, 2.75) is 24.3 Å². The molecule has 0 fully saturated rings. The molecule has 20 heavy (non-hydrogen) atoms. The van der Waals surface area contributed by atoms with E-state index < -0.39 is 0 Å². The summed E-state index contributed by atoms with van der Waals surface area (Å²) in [4.78, 5) is 5.39. The molecule has 3 aromatic rings. The zero-order valence-corrected chi connectivity index (χ0v) is 12.7. The Kier molecular flexibility index (Phi) is 3.83. The Morgan fingerprint density at radius 1 is 1.40 bits per heavy atom. The van der Waals surface area contributed by atoms with Crippen molar-refractivity contribution in [1.29, 1.82) is 0 Å². The fraction of sp³-hybridized carbons (Fsp3) is 0.333. The third-order valence-electron chi connectivity index (χ3n) is 2.73. The van der Waals surface area contributed by atoms with Gasteiger partial charge in [-0.3, -0.25) is 0 Å². The molecule has 0 radical (unpaired) electrons. The molecule has 0 saturated carbocycles. The first-order valence-corrected chi connectivity index (χ1v) is 8.02. The molecule has 0 atom stereocenters. The van der Waals surface area contributed by atoms with Crippen LogP contribution in [0, 0.1) is 0 Å². The lowest BCUT2D eigenvalue weighted by molar-refractivity contribution is 0.385. The van der Waals surface area contributed by atoms with Crippen LogP contribution in [0.25, 0.3) is 10.7 Å². The largest absolute Gasteiger partial charge is 0.338 e. The Morgan fingerprint density at radius 2 is 2.30 bits per heavy atom. The highest BCUT2D eigenvalue weighted by Gasteiger charge is 2.13. The Morgan fingerprint density at radius 3 is 3.00 bits per heavy atom. The van der Waals surface area contributed by atoms with Crippen molar-refractivity contribution in [2.24, 2.45) is 7.05 Å². The van der Waals surface area contributed by atoms with Crippen LogP contribution in [-0.4, -0.2) is 24.9 Å². The van der Waals surface area contributed by atoms with Gasteiger partial charge in [0.05, 0.1) is 10.6 Å². The summed E-state index contributed by atoms with van der Waals surface area (Å²) in [6, 6.07) is 4.04. The Hall–Kier alpha value is -1.67. The smallest absolute Gasteiger partial charge is 0.237 e. The van der Waals surface area contributed by atoms with Crippen LogP contribution in [0.1, 0.15) is 18.6 Å². The van der Waals surface area contributed by atoms with E-state index in [1.54, 1.807) is 11.3 Å². The molecular weight excluding hydrogens is 294 g/mol. The van der Waals surface area contributed by atoms with E-state index in [1.807, 2.05) is 36.1 Å². The van der Waals surface area contributed by atoms with Gasteiger partial charge in [0.15, 0.2) is 16.8 Å². The van der Waals surface area contributed by atoms with Crippen molar-refractivity contribution in [1.82, 2.24) is 24.9 Å². The standard InChI is InChI=1S/C12H13N5OS2/c1-3-9-13-10(18-16-9)7-20-12-15-14-11(17(12)2)8-5-4-6-19-8/h4-6H,3,7H2,1-2H3. The summed E-state index contributed by atoms with van der Waals surface area (Å²) in [5.41, 5.74) is 0. The molecule has 0 aromatic carbocycles. The summed E-state index contributed by atoms with van der Waals surface area (Å²) in [6.07, 6.45) is 0.778. The summed E-state index contributed by atoms with van der Waals surface area (Å²) in [5, 5.41) is 15.2. The highest BCUT2D eigenvalue weighted by atomic mass is 32.2. The normalized spacial score (nSPS) is 11.1. The fourth-order valence-corrected chi connectivity index (χ4v) is 3.17. The minimum atomic E-state index is 0.601. The van der Waals surface area contributed by atoms with Gasteiger partial charge in [-0.25, -0.2) is 0 Å². The lowest BCUT2D eigenvalue weighted by Crippen LogP contribution is -1.94. The number of rotatable bonds is 5. The van der Waals surface area contributed by atoms with Crippen LogP contribution in [0.2, 0.25) is 0 Å². The highest BCUT2D eigenvalue weighted by Crippen LogP contribution is 2.27. The lowest BCUT2D eigenvalue weighted by Gasteiger charge is -2.00. The van der Waals surface area contributed by atoms with E-state index in [-0.39, 0.29) is 0 Å². The van der Waals surface area contributed by atoms with E-state index in [0.717, 1.165) is 28.1 Å². The van der Waals surface area contributed by atoms with Gasteiger partial charge in [0.1, 0.15) is 0 Å². The summed E-state index contributed by atoms with van der Waals surface area (Å²) >= 11 is 3.19. The van der Waals surface area contributed by atoms with E-state index >= 15 is 0 Å². The highest BCUT2D eigenvalue weighted by molar-refractivity contribution is 7.98. The molecule has 0 aliphatic rings. The number of thiophene rings is 1. The number of hydrogen-bond acceptors (Lipinski definition) is 7. The quantitative estimate of drug-likeness (QED) is 0.675. The van der Waals surface area contributed by atoms with Gasteiger partial charge in [-0.2, -0.15) is 4.98 Å². The zero-order chi connectivity index (χ0) is 13.9. The Balaban J connectivity index is 1.72. The number of aryl methyl sites for hydroxylation is 1. The van der Waals surface area contributed by atoms with Crippen LogP contribution in [-0.2, 0) is 19.2 Å². The molecule has 0 aliphatic heterocycles. The van der Waals surface area contributed by atoms with Crippen molar-refractivity contribution < 1.29 is 4.52 Å². The van der Waals surface area contributed by atoms with Gasteiger partial charge in [-0.1, -0.05) is 29.9 Å². The average Bonchev–Trinajstić information content (AvgIpc) is 3.17. The van der Waals surface area contributed by atoms with Crippen molar-refractivity contribution >= 4 is 23.1 Å². The van der Waals surface area contributed by atoms with Crippen LogP contribution in [0.4, 0.5) is 0 Å². The molecule has 3 heterocycles. The number of thioether (sulfide) groups is 1. The molecule has 0 saturated heterocycles. The maximum Gasteiger partial charge on any atom is 0.237 e. The van der Waals surface area contributed by atoms with E-state index in [9.17, 15) is 0 Å². The minimum Gasteiger partial charge on any atom is -0.338 e. The molecule has 0 bridgehead atoms. The summed E-state index contributed by atoms with van der Waals surface area (Å²) in [6.45, 7) is 2.00. The second-order valence-corrected chi connectivity index (χ2v) is 5.98. The van der Waals surface area contributed by atoms with Crippen molar-refractivity contribution in [3.8, 4) is 10.7 Å². The molecule has 104 valence electrons. The molecular formula is C12H13N5OS2. The molecule has 8 heteroatoms. The number of hydrogen-bond donors (Lipinski definition) is 0. The first-order valence-electron chi connectivity index (χ1n) is 6.15. The second-order valence-electron chi connectivity index (χ2n) is 4.09. The minimum absolute atomic E-state index is 0.601. The van der Waals surface area contributed by atoms with Crippen LogP contribution in [0.15, 0.2) is 27.2 Å². The zero-order valence-electron chi connectivity index (χ0n) is 11.1. The van der Waals surface area contributed by atoms with Crippen LogP contribution >= 0.6 is 23.1 Å². The monoisotopic (exact) mass is 307 g/mol. The molecule has 0 unspecified atom stereocenters. The molecule has 0 amide bonds. The average molecular weight is 307 g/mol. The van der Waals surface area contributed by atoms with Crippen LogP contribution in [0.5, 0.6) is 0 Å². The Labute approximate surface area is 124 Å². The molecule has 0 spiro atoms. The third kappa shape index (κ3) is 2.61. The third-order valence-corrected chi connectivity index (χ3v) is 4.60. The van der Waals surface area contributed by atoms with Crippen molar-refractivity contribution in [2.75, 3.05) is 0 Å². The second kappa shape index (κ2) is 5.76. The molecule has 6 nitrogen and oxygen atoms in total. The van der Waals surface area contributed by atoms with E-state index in [4.69, 9.17) is 4.52 Å². The van der Waals surface area contributed by atoms with Gasteiger partial charge in [0.2, 0.25) is 5.89 Å². The lowest BCUT2D eigenvalue weighted by atomic mass is 10.4. The van der Waals surface area contributed by atoms with Gasteiger partial charge in [-0.15, -0.1) is 21.5 Å². The SMILES string of the molecule is CCc1noc(CSc2nnc(-c3cccs3)n2C)n1. The predicted molar refractivity (Wildman–Crippen MR) is 77.6 cm³/mol. The van der Waals surface area contributed by atoms with Crippen LogP contribution in [0.3, 0.4) is 0 Å². The molecule has 3 rings (SSSR count). The maximum atomic E-state index is 5.16. The summed E-state index contributed by atoms with van der Waals surface area (Å²) < 4.78 is 7.14. The van der Waals surface area contributed by atoms with Crippen molar-refractivity contribution in [3.05, 3.63) is 29.2 Å². The van der Waals surface area contributed by atoms with E-state index in [1.165, 1.54) is 11.8 Å². The van der Waals surface area contributed by atoms with Gasteiger partial charge in [-0.05, 0) is 11.4 Å². The number of aromatic nitrogens is 5. The maximum absolute atomic E-state index is 5.16. The molecule has 0 N–H and O–H groups in total.